The van der Waals surface area contributed by atoms with Crippen LogP contribution in [0.4, 0.5) is 5.69 Å². The molecule has 0 radical (unpaired) electrons. The van der Waals surface area contributed by atoms with E-state index in [0.29, 0.717) is 5.75 Å². The second-order valence-electron chi connectivity index (χ2n) is 4.71. The molecule has 114 valence electrons. The summed E-state index contributed by atoms with van der Waals surface area (Å²) in [7, 11) is 0. The zero-order valence-electron chi connectivity index (χ0n) is 12.2. The fourth-order valence-corrected chi connectivity index (χ4v) is 1.81. The third-order valence-electron chi connectivity index (χ3n) is 3.18. The zero-order chi connectivity index (χ0) is 16.1. The Bertz CT molecular complexity index is 694. The number of carbonyl (C=O) groups is 1. The number of non-ortho nitro benzene ring substituents is 1. The number of esters is 1. The number of benzene rings is 2. The Hall–Kier alpha value is -2.89. The molecule has 0 saturated heterocycles. The van der Waals surface area contributed by atoms with Crippen molar-refractivity contribution in [2.45, 2.75) is 13.8 Å². The van der Waals surface area contributed by atoms with Gasteiger partial charge in [-0.2, -0.15) is 0 Å². The fraction of sp³-hybridized carbons (Fsp3) is 0.188. The lowest BCUT2D eigenvalue weighted by Gasteiger charge is -2.10. The van der Waals surface area contributed by atoms with Gasteiger partial charge in [0.05, 0.1) is 4.92 Å². The van der Waals surface area contributed by atoms with E-state index in [2.05, 4.69) is 0 Å². The van der Waals surface area contributed by atoms with Gasteiger partial charge in [0, 0.05) is 12.1 Å². The molecule has 0 aromatic heterocycles. The number of rotatable bonds is 5. The first kappa shape index (κ1) is 15.5. The van der Waals surface area contributed by atoms with Gasteiger partial charge in [0.1, 0.15) is 11.5 Å². The normalized spacial score (nSPS) is 10.1. The van der Waals surface area contributed by atoms with Gasteiger partial charge in [0.25, 0.3) is 5.69 Å². The van der Waals surface area contributed by atoms with E-state index in [-0.39, 0.29) is 18.0 Å². The quantitative estimate of drug-likeness (QED) is 0.367. The Kier molecular flexibility index (Phi) is 4.73. The van der Waals surface area contributed by atoms with Gasteiger partial charge in [-0.3, -0.25) is 10.1 Å². The van der Waals surface area contributed by atoms with Crippen molar-refractivity contribution in [3.8, 4) is 11.5 Å². The van der Waals surface area contributed by atoms with Gasteiger partial charge in [-0.1, -0.05) is 12.1 Å². The summed E-state index contributed by atoms with van der Waals surface area (Å²) < 4.78 is 10.5. The molecule has 0 aliphatic carbocycles. The van der Waals surface area contributed by atoms with Crippen LogP contribution in [0.3, 0.4) is 0 Å². The summed E-state index contributed by atoms with van der Waals surface area (Å²) in [5, 5.41) is 10.5. The van der Waals surface area contributed by atoms with Crippen LogP contribution in [0.5, 0.6) is 11.5 Å². The van der Waals surface area contributed by atoms with Crippen molar-refractivity contribution >= 4 is 11.7 Å². The predicted octanol–water partition coefficient (Wildman–Crippen LogP) is 3.20. The van der Waals surface area contributed by atoms with E-state index in [4.69, 9.17) is 9.47 Å². The van der Waals surface area contributed by atoms with Crippen molar-refractivity contribution in [2.24, 2.45) is 0 Å². The Morgan fingerprint density at radius 2 is 1.82 bits per heavy atom. The van der Waals surface area contributed by atoms with E-state index in [1.807, 2.05) is 26.0 Å². The lowest BCUT2D eigenvalue weighted by atomic mass is 10.1. The van der Waals surface area contributed by atoms with Crippen molar-refractivity contribution in [3.63, 3.8) is 0 Å². The van der Waals surface area contributed by atoms with Crippen LogP contribution >= 0.6 is 0 Å². The number of ether oxygens (including phenoxy) is 2. The van der Waals surface area contributed by atoms with E-state index < -0.39 is 10.9 Å². The minimum atomic E-state index is -0.574. The molecule has 0 heterocycles. The van der Waals surface area contributed by atoms with E-state index in [1.54, 1.807) is 6.07 Å². The van der Waals surface area contributed by atoms with Crippen molar-refractivity contribution in [2.75, 3.05) is 6.61 Å². The monoisotopic (exact) mass is 301 g/mol. The summed E-state index contributed by atoms with van der Waals surface area (Å²) >= 11 is 0. The van der Waals surface area contributed by atoms with Crippen molar-refractivity contribution in [1.29, 1.82) is 0 Å². The average molecular weight is 301 g/mol. The maximum absolute atomic E-state index is 11.7. The van der Waals surface area contributed by atoms with Crippen LogP contribution in [-0.4, -0.2) is 17.5 Å². The molecule has 2 rings (SSSR count). The molecule has 0 atom stereocenters. The molecular formula is C16H15NO5. The van der Waals surface area contributed by atoms with Gasteiger partial charge in [-0.05, 0) is 43.2 Å². The van der Waals surface area contributed by atoms with Crippen LogP contribution in [0.2, 0.25) is 0 Å². The van der Waals surface area contributed by atoms with Crippen LogP contribution in [0.1, 0.15) is 11.1 Å². The Balaban J connectivity index is 1.93. The molecular weight excluding hydrogens is 286 g/mol. The van der Waals surface area contributed by atoms with Crippen LogP contribution in [0.25, 0.3) is 0 Å². The Morgan fingerprint density at radius 1 is 1.14 bits per heavy atom. The molecule has 0 fully saturated rings. The predicted molar refractivity (Wildman–Crippen MR) is 80.1 cm³/mol. The highest BCUT2D eigenvalue weighted by atomic mass is 16.6. The van der Waals surface area contributed by atoms with Crippen LogP contribution in [0.15, 0.2) is 42.5 Å². The van der Waals surface area contributed by atoms with Gasteiger partial charge >= 0.3 is 5.97 Å². The van der Waals surface area contributed by atoms with Gasteiger partial charge in [0.2, 0.25) is 0 Å². The van der Waals surface area contributed by atoms with Crippen molar-refractivity contribution in [3.05, 3.63) is 63.7 Å². The second-order valence-corrected chi connectivity index (χ2v) is 4.71. The summed E-state index contributed by atoms with van der Waals surface area (Å²) in [6, 6.07) is 10.9. The van der Waals surface area contributed by atoms with Gasteiger partial charge in [-0.25, -0.2) is 4.79 Å². The SMILES string of the molecule is Cc1cccc(OCC(=O)Oc2ccc([N+](=O)[O-])cc2)c1C. The molecule has 0 aliphatic rings. The molecule has 0 N–H and O–H groups in total. The highest BCUT2D eigenvalue weighted by Gasteiger charge is 2.10. The van der Waals surface area contributed by atoms with Crippen molar-refractivity contribution < 1.29 is 19.2 Å². The second kappa shape index (κ2) is 6.71. The largest absolute Gasteiger partial charge is 0.482 e. The molecule has 6 nitrogen and oxygen atoms in total. The lowest BCUT2D eigenvalue weighted by Crippen LogP contribution is -2.18. The van der Waals surface area contributed by atoms with E-state index in [1.165, 1.54) is 24.3 Å². The van der Waals surface area contributed by atoms with Crippen LogP contribution < -0.4 is 9.47 Å². The molecule has 22 heavy (non-hydrogen) atoms. The number of nitrogens with zero attached hydrogens (tertiary/aromatic N) is 1. The summed E-state index contributed by atoms with van der Waals surface area (Å²) in [6.45, 7) is 3.63. The maximum Gasteiger partial charge on any atom is 0.349 e. The average Bonchev–Trinajstić information content (AvgIpc) is 2.49. The molecule has 6 heteroatoms. The third-order valence-corrected chi connectivity index (χ3v) is 3.18. The minimum absolute atomic E-state index is 0.0635. The van der Waals surface area contributed by atoms with Gasteiger partial charge in [0.15, 0.2) is 6.61 Å². The highest BCUT2D eigenvalue weighted by molar-refractivity contribution is 5.74. The standard InChI is InChI=1S/C16H15NO5/c1-11-4-3-5-15(12(11)2)21-10-16(18)22-14-8-6-13(7-9-14)17(19)20/h3-9H,10H2,1-2H3. The number of nitro benzene ring substituents is 1. The first-order chi connectivity index (χ1) is 10.5. The number of hydrogen-bond donors (Lipinski definition) is 0. The number of hydrogen-bond acceptors (Lipinski definition) is 5. The summed E-state index contributed by atoms with van der Waals surface area (Å²) in [6.07, 6.45) is 0. The van der Waals surface area contributed by atoms with E-state index >= 15 is 0 Å². The highest BCUT2D eigenvalue weighted by Crippen LogP contribution is 2.21. The summed E-state index contributed by atoms with van der Waals surface area (Å²) in [5.74, 6) is 0.288. The van der Waals surface area contributed by atoms with Crippen molar-refractivity contribution in [1.82, 2.24) is 0 Å². The first-order valence-electron chi connectivity index (χ1n) is 6.61. The maximum atomic E-state index is 11.7. The number of carbonyl (C=O) groups excluding carboxylic acids is 1. The molecule has 0 amide bonds. The molecule has 0 saturated carbocycles. The van der Waals surface area contributed by atoms with Gasteiger partial charge in [-0.15, -0.1) is 0 Å². The first-order valence-corrected chi connectivity index (χ1v) is 6.61. The number of nitro groups is 1. The fourth-order valence-electron chi connectivity index (χ4n) is 1.81. The smallest absolute Gasteiger partial charge is 0.349 e. The zero-order valence-corrected chi connectivity index (χ0v) is 12.2. The molecule has 2 aromatic carbocycles. The minimum Gasteiger partial charge on any atom is -0.482 e. The third kappa shape index (κ3) is 3.82. The molecule has 0 spiro atoms. The molecule has 0 unspecified atom stereocenters. The van der Waals surface area contributed by atoms with Crippen LogP contribution in [-0.2, 0) is 4.79 Å². The molecule has 0 bridgehead atoms. The topological polar surface area (TPSA) is 78.7 Å². The van der Waals surface area contributed by atoms with Gasteiger partial charge < -0.3 is 9.47 Å². The number of aryl methyl sites for hydroxylation is 1. The van der Waals surface area contributed by atoms with E-state index in [0.717, 1.165) is 11.1 Å². The summed E-state index contributed by atoms with van der Waals surface area (Å²) in [5.41, 5.74) is 1.97. The lowest BCUT2D eigenvalue weighted by molar-refractivity contribution is -0.384. The molecule has 0 aliphatic heterocycles. The Labute approximate surface area is 127 Å². The molecule has 2 aromatic rings. The summed E-state index contributed by atoms with van der Waals surface area (Å²) in [4.78, 5) is 21.7. The Morgan fingerprint density at radius 3 is 2.45 bits per heavy atom. The van der Waals surface area contributed by atoms with Crippen LogP contribution in [0, 0.1) is 24.0 Å². The van der Waals surface area contributed by atoms with E-state index in [9.17, 15) is 14.9 Å².